The van der Waals surface area contributed by atoms with Gasteiger partial charge in [-0.1, -0.05) is 0 Å². The van der Waals surface area contributed by atoms with Gasteiger partial charge in [0.25, 0.3) is 0 Å². The van der Waals surface area contributed by atoms with Crippen LogP contribution < -0.4 is 10.1 Å². The van der Waals surface area contributed by atoms with Crippen LogP contribution in [0.2, 0.25) is 0 Å². The van der Waals surface area contributed by atoms with Crippen molar-refractivity contribution in [3.05, 3.63) is 48.5 Å². The van der Waals surface area contributed by atoms with Crippen LogP contribution in [-0.2, 0) is 6.54 Å². The molecule has 7 heteroatoms. The number of imidazole rings is 1. The van der Waals surface area contributed by atoms with E-state index >= 15 is 0 Å². The van der Waals surface area contributed by atoms with E-state index in [1.165, 1.54) is 0 Å². The van der Waals surface area contributed by atoms with Gasteiger partial charge in [-0.05, 0) is 24.3 Å². The average Bonchev–Trinajstić information content (AvgIpc) is 3.04. The van der Waals surface area contributed by atoms with Crippen LogP contribution in [-0.4, -0.2) is 46.2 Å². The lowest BCUT2D eigenvalue weighted by molar-refractivity contribution is 0.0444. The Morgan fingerprint density at radius 3 is 2.83 bits per heavy atom. The largest absolute Gasteiger partial charge is 0.487 e. The highest BCUT2D eigenvalue weighted by Gasteiger charge is 2.32. The zero-order chi connectivity index (χ0) is 16.1. The summed E-state index contributed by atoms with van der Waals surface area (Å²) in [5, 5.41) is 11.6. The predicted molar refractivity (Wildman–Crippen MR) is 82.8 cm³/mol. The second kappa shape index (κ2) is 6.83. The first kappa shape index (κ1) is 14.9. The number of nitrogens with one attached hydrogen (secondary N) is 1. The zero-order valence-corrected chi connectivity index (χ0v) is 12.6. The average molecular weight is 311 g/mol. The zero-order valence-electron chi connectivity index (χ0n) is 12.6. The van der Waals surface area contributed by atoms with E-state index in [0.29, 0.717) is 37.5 Å². The van der Waals surface area contributed by atoms with Crippen molar-refractivity contribution >= 4 is 6.03 Å². The lowest BCUT2D eigenvalue weighted by Crippen LogP contribution is -2.59. The number of hydrogen-bond donors (Lipinski definition) is 1. The molecule has 2 aromatic rings. The predicted octanol–water partition coefficient (Wildman–Crippen LogP) is 1.23. The molecule has 0 atom stereocenters. The molecule has 7 nitrogen and oxygen atoms in total. The summed E-state index contributed by atoms with van der Waals surface area (Å²) in [7, 11) is 0. The van der Waals surface area contributed by atoms with Gasteiger partial charge >= 0.3 is 6.03 Å². The number of nitriles is 1. The molecule has 1 aliphatic heterocycles. The highest BCUT2D eigenvalue weighted by Crippen LogP contribution is 2.18. The van der Waals surface area contributed by atoms with Crippen molar-refractivity contribution in [3.8, 4) is 11.8 Å². The third-order valence-corrected chi connectivity index (χ3v) is 3.63. The Morgan fingerprint density at radius 2 is 2.17 bits per heavy atom. The third-order valence-electron chi connectivity index (χ3n) is 3.63. The van der Waals surface area contributed by atoms with Crippen molar-refractivity contribution in [2.45, 2.75) is 12.6 Å². The standard InChI is InChI=1S/C16H17N5O2/c17-9-13-1-3-14(4-2-13)23-15-10-21(11-15)16(22)19-6-8-20-7-5-18-12-20/h1-5,7,12,15H,6,8,10-11H2,(H,19,22). The van der Waals surface area contributed by atoms with E-state index in [-0.39, 0.29) is 12.1 Å². The smallest absolute Gasteiger partial charge is 0.317 e. The molecule has 0 radical (unpaired) electrons. The van der Waals surface area contributed by atoms with Crippen LogP contribution in [0.5, 0.6) is 5.75 Å². The Balaban J connectivity index is 1.36. The molecule has 1 aromatic carbocycles. The number of amides is 2. The van der Waals surface area contributed by atoms with Gasteiger partial charge in [0.2, 0.25) is 0 Å². The molecule has 0 unspecified atom stereocenters. The van der Waals surface area contributed by atoms with Gasteiger partial charge in [0.15, 0.2) is 0 Å². The molecule has 23 heavy (non-hydrogen) atoms. The lowest BCUT2D eigenvalue weighted by Gasteiger charge is -2.38. The maximum Gasteiger partial charge on any atom is 0.317 e. The SMILES string of the molecule is N#Cc1ccc(OC2CN(C(=O)NCCn3ccnc3)C2)cc1. The summed E-state index contributed by atoms with van der Waals surface area (Å²) >= 11 is 0. The first-order valence-corrected chi connectivity index (χ1v) is 7.40. The van der Waals surface area contributed by atoms with Crippen LogP contribution in [0.25, 0.3) is 0 Å². The van der Waals surface area contributed by atoms with E-state index in [4.69, 9.17) is 10.00 Å². The van der Waals surface area contributed by atoms with Gasteiger partial charge in [-0.15, -0.1) is 0 Å². The Bertz CT molecular complexity index is 684. The quantitative estimate of drug-likeness (QED) is 0.900. The summed E-state index contributed by atoms with van der Waals surface area (Å²) in [6, 6.07) is 8.96. The van der Waals surface area contributed by atoms with E-state index < -0.39 is 0 Å². The van der Waals surface area contributed by atoms with E-state index in [1.807, 2.05) is 10.8 Å². The molecule has 1 aromatic heterocycles. The molecular formula is C16H17N5O2. The lowest BCUT2D eigenvalue weighted by atomic mass is 10.1. The minimum atomic E-state index is -0.0789. The van der Waals surface area contributed by atoms with Gasteiger partial charge in [0.1, 0.15) is 11.9 Å². The van der Waals surface area contributed by atoms with Gasteiger partial charge in [0.05, 0.1) is 31.0 Å². The number of ether oxygens (including phenoxy) is 1. The first-order chi connectivity index (χ1) is 11.2. The van der Waals surface area contributed by atoms with Gasteiger partial charge in [0, 0.05) is 25.5 Å². The monoisotopic (exact) mass is 311 g/mol. The van der Waals surface area contributed by atoms with Gasteiger partial charge in [-0.3, -0.25) is 0 Å². The van der Waals surface area contributed by atoms with Crippen LogP contribution >= 0.6 is 0 Å². The number of aromatic nitrogens is 2. The molecule has 0 aliphatic carbocycles. The van der Waals surface area contributed by atoms with E-state index in [9.17, 15) is 4.79 Å². The topological polar surface area (TPSA) is 83.2 Å². The Morgan fingerprint density at radius 1 is 1.39 bits per heavy atom. The summed E-state index contributed by atoms with van der Waals surface area (Å²) in [6.07, 6.45) is 5.29. The molecule has 1 fully saturated rings. The highest BCUT2D eigenvalue weighted by molar-refractivity contribution is 5.75. The highest BCUT2D eigenvalue weighted by atomic mass is 16.5. The fraction of sp³-hybridized carbons (Fsp3) is 0.312. The number of carbonyl (C=O) groups is 1. The van der Waals surface area contributed by atoms with E-state index in [1.54, 1.807) is 41.7 Å². The molecule has 2 amide bonds. The van der Waals surface area contributed by atoms with Crippen molar-refractivity contribution < 1.29 is 9.53 Å². The summed E-state index contributed by atoms with van der Waals surface area (Å²) in [4.78, 5) is 17.6. The number of urea groups is 1. The van der Waals surface area contributed by atoms with Crippen molar-refractivity contribution in [2.24, 2.45) is 0 Å². The molecule has 0 saturated carbocycles. The summed E-state index contributed by atoms with van der Waals surface area (Å²) < 4.78 is 7.66. The summed E-state index contributed by atoms with van der Waals surface area (Å²) in [5.41, 5.74) is 0.602. The number of likely N-dealkylation sites (tertiary alicyclic amines) is 1. The molecule has 0 bridgehead atoms. The number of benzene rings is 1. The molecule has 118 valence electrons. The second-order valence-corrected chi connectivity index (χ2v) is 5.31. The molecule has 0 spiro atoms. The third kappa shape index (κ3) is 3.80. The van der Waals surface area contributed by atoms with Crippen molar-refractivity contribution in [1.82, 2.24) is 19.8 Å². The van der Waals surface area contributed by atoms with Crippen LogP contribution in [0.3, 0.4) is 0 Å². The molecule has 2 heterocycles. The molecular weight excluding hydrogens is 294 g/mol. The maximum absolute atomic E-state index is 11.9. The van der Waals surface area contributed by atoms with E-state index in [0.717, 1.165) is 0 Å². The van der Waals surface area contributed by atoms with Crippen molar-refractivity contribution in [3.63, 3.8) is 0 Å². The fourth-order valence-electron chi connectivity index (χ4n) is 2.30. The van der Waals surface area contributed by atoms with Gasteiger partial charge in [-0.25, -0.2) is 9.78 Å². The fourth-order valence-corrected chi connectivity index (χ4v) is 2.30. The normalized spacial score (nSPS) is 14.0. The van der Waals surface area contributed by atoms with Crippen molar-refractivity contribution in [2.75, 3.05) is 19.6 Å². The Kier molecular flexibility index (Phi) is 4.43. The van der Waals surface area contributed by atoms with E-state index in [2.05, 4.69) is 16.4 Å². The van der Waals surface area contributed by atoms with Crippen molar-refractivity contribution in [1.29, 1.82) is 5.26 Å². The molecule has 1 saturated heterocycles. The Labute approximate surface area is 134 Å². The maximum atomic E-state index is 11.9. The minimum Gasteiger partial charge on any atom is -0.487 e. The van der Waals surface area contributed by atoms with Crippen LogP contribution in [0, 0.1) is 11.3 Å². The van der Waals surface area contributed by atoms with Crippen LogP contribution in [0.4, 0.5) is 4.79 Å². The van der Waals surface area contributed by atoms with Gasteiger partial charge < -0.3 is 19.5 Å². The second-order valence-electron chi connectivity index (χ2n) is 5.31. The van der Waals surface area contributed by atoms with Crippen LogP contribution in [0.1, 0.15) is 5.56 Å². The summed E-state index contributed by atoms with van der Waals surface area (Å²) in [6.45, 7) is 2.39. The molecule has 3 rings (SSSR count). The number of nitrogens with zero attached hydrogens (tertiary/aromatic N) is 4. The minimum absolute atomic E-state index is 0.00216. The van der Waals surface area contributed by atoms with Gasteiger partial charge in [-0.2, -0.15) is 5.26 Å². The molecule has 1 aliphatic rings. The first-order valence-electron chi connectivity index (χ1n) is 7.40. The Hall–Kier alpha value is -3.01. The van der Waals surface area contributed by atoms with Crippen LogP contribution in [0.15, 0.2) is 43.0 Å². The number of carbonyl (C=O) groups excluding carboxylic acids is 1. The summed E-state index contributed by atoms with van der Waals surface area (Å²) in [5.74, 6) is 0.717. The molecule has 1 N–H and O–H groups in total. The number of rotatable bonds is 5. The number of hydrogen-bond acceptors (Lipinski definition) is 4.